The first-order chi connectivity index (χ1) is 13.5. The summed E-state index contributed by atoms with van der Waals surface area (Å²) in [5, 5.41) is 5.60. The minimum atomic E-state index is -0.504. The van der Waals surface area contributed by atoms with Crippen LogP contribution in [0.4, 0.5) is 10.5 Å². The van der Waals surface area contributed by atoms with Crippen molar-refractivity contribution < 1.29 is 14.3 Å². The molecule has 2 N–H and O–H groups in total. The predicted octanol–water partition coefficient (Wildman–Crippen LogP) is 4.04. The maximum Gasteiger partial charge on any atom is 0.338 e. The molecule has 152 valence electrons. The number of hydrogen-bond acceptors (Lipinski definition) is 4. The minimum Gasteiger partial charge on any atom is -0.459 e. The molecule has 0 spiro atoms. The molecule has 0 aromatic heterocycles. The molecule has 0 bridgehead atoms. The lowest BCUT2D eigenvalue weighted by Gasteiger charge is -2.30. The number of amides is 2. The highest BCUT2D eigenvalue weighted by molar-refractivity contribution is 5.95. The number of hydrogen-bond donors (Lipinski definition) is 2. The Hall–Kier alpha value is -2.50. The van der Waals surface area contributed by atoms with Gasteiger partial charge in [-0.05, 0) is 64.2 Å². The molecule has 0 radical (unpaired) electrons. The van der Waals surface area contributed by atoms with Crippen LogP contribution in [0.5, 0.6) is 0 Å². The maximum absolute atomic E-state index is 13.0. The normalized spacial score (nSPS) is 20.4. The van der Waals surface area contributed by atoms with E-state index in [9.17, 15) is 9.59 Å². The van der Waals surface area contributed by atoms with Crippen molar-refractivity contribution in [3.8, 4) is 0 Å². The summed E-state index contributed by atoms with van der Waals surface area (Å²) in [5.41, 5.74) is 3.05. The van der Waals surface area contributed by atoms with Crippen molar-refractivity contribution in [1.29, 1.82) is 0 Å². The number of nitrogens with one attached hydrogen (secondary N) is 2. The first-order valence-electron chi connectivity index (χ1n) is 10.4. The van der Waals surface area contributed by atoms with Gasteiger partial charge in [0.1, 0.15) is 6.10 Å². The Morgan fingerprint density at radius 1 is 1.11 bits per heavy atom. The third-order valence-electron chi connectivity index (χ3n) is 5.67. The fraction of sp³-hybridized carbons (Fsp3) is 0.545. The lowest BCUT2D eigenvalue weighted by atomic mass is 9.94. The second-order valence-electron chi connectivity index (χ2n) is 7.50. The highest BCUT2D eigenvalue weighted by Crippen LogP contribution is 2.30. The Kier molecular flexibility index (Phi) is 6.60. The Morgan fingerprint density at radius 3 is 2.36 bits per heavy atom. The van der Waals surface area contributed by atoms with Gasteiger partial charge in [-0.2, -0.15) is 0 Å². The predicted molar refractivity (Wildman–Crippen MR) is 110 cm³/mol. The van der Waals surface area contributed by atoms with E-state index in [-0.39, 0.29) is 18.1 Å². The first kappa shape index (κ1) is 20.2. The highest BCUT2D eigenvalue weighted by atomic mass is 16.5. The summed E-state index contributed by atoms with van der Waals surface area (Å²) in [6.45, 7) is 7.86. The molecular weight excluding hydrogens is 354 g/mol. The number of rotatable bonds is 6. The van der Waals surface area contributed by atoms with Crippen molar-refractivity contribution in [2.75, 3.05) is 18.0 Å². The van der Waals surface area contributed by atoms with Crippen molar-refractivity contribution in [2.45, 2.75) is 65.0 Å². The van der Waals surface area contributed by atoms with Gasteiger partial charge in [-0.1, -0.05) is 18.6 Å². The number of anilines is 1. The molecule has 0 saturated heterocycles. The average Bonchev–Trinajstić information content (AvgIpc) is 2.69. The summed E-state index contributed by atoms with van der Waals surface area (Å²) in [6.07, 6.45) is 5.21. The molecule has 6 nitrogen and oxygen atoms in total. The Morgan fingerprint density at radius 2 is 1.75 bits per heavy atom. The van der Waals surface area contributed by atoms with E-state index in [1.165, 1.54) is 6.42 Å². The molecule has 6 heteroatoms. The molecule has 1 saturated carbocycles. The standard InChI is InChI=1S/C22H31N3O3/c1-4-25(5-2)17-13-11-16(12-14-17)20-19(15(3)23-22(27)24-20)21(26)28-18-9-7-6-8-10-18/h11-14,18,20H,4-10H2,1-3H3,(H2,23,24,27). The molecule has 2 aliphatic rings. The van der Waals surface area contributed by atoms with Gasteiger partial charge in [-0.15, -0.1) is 0 Å². The second-order valence-corrected chi connectivity index (χ2v) is 7.50. The largest absolute Gasteiger partial charge is 0.459 e. The van der Waals surface area contributed by atoms with E-state index in [0.717, 1.165) is 50.0 Å². The summed E-state index contributed by atoms with van der Waals surface area (Å²) in [6, 6.07) is 7.22. The van der Waals surface area contributed by atoms with Gasteiger partial charge in [0.15, 0.2) is 0 Å². The van der Waals surface area contributed by atoms with E-state index >= 15 is 0 Å². The van der Waals surface area contributed by atoms with Gasteiger partial charge in [0.05, 0.1) is 11.6 Å². The molecule has 1 unspecified atom stereocenters. The molecule has 3 rings (SSSR count). The van der Waals surface area contributed by atoms with Crippen LogP contribution in [0.25, 0.3) is 0 Å². The van der Waals surface area contributed by atoms with Crippen LogP contribution in [0, 0.1) is 0 Å². The van der Waals surface area contributed by atoms with Crippen LogP contribution in [0.3, 0.4) is 0 Å². The molecule has 2 amide bonds. The lowest BCUT2D eigenvalue weighted by molar-refractivity contribution is -0.146. The molecule has 28 heavy (non-hydrogen) atoms. The van der Waals surface area contributed by atoms with E-state index in [4.69, 9.17) is 4.74 Å². The van der Waals surface area contributed by atoms with Gasteiger partial charge >= 0.3 is 12.0 Å². The average molecular weight is 386 g/mol. The monoisotopic (exact) mass is 385 g/mol. The van der Waals surface area contributed by atoms with Crippen LogP contribution in [0.2, 0.25) is 0 Å². The molecule has 1 aliphatic carbocycles. The van der Waals surface area contributed by atoms with Crippen molar-refractivity contribution >= 4 is 17.7 Å². The van der Waals surface area contributed by atoms with Gasteiger partial charge in [0.2, 0.25) is 0 Å². The topological polar surface area (TPSA) is 70.7 Å². The van der Waals surface area contributed by atoms with E-state index in [0.29, 0.717) is 11.3 Å². The van der Waals surface area contributed by atoms with Crippen LogP contribution in [0.15, 0.2) is 35.5 Å². The molecule has 1 aromatic carbocycles. The summed E-state index contributed by atoms with van der Waals surface area (Å²) in [5.74, 6) is -0.338. The zero-order chi connectivity index (χ0) is 20.1. The van der Waals surface area contributed by atoms with Crippen molar-refractivity contribution in [3.63, 3.8) is 0 Å². The molecular formula is C22H31N3O3. The fourth-order valence-electron chi connectivity index (χ4n) is 4.08. The van der Waals surface area contributed by atoms with Gasteiger partial charge in [0.25, 0.3) is 0 Å². The number of nitrogens with zero attached hydrogens (tertiary/aromatic N) is 1. The fourth-order valence-corrected chi connectivity index (χ4v) is 4.08. The summed E-state index contributed by atoms with van der Waals surface area (Å²) < 4.78 is 5.79. The van der Waals surface area contributed by atoms with E-state index in [2.05, 4.69) is 29.4 Å². The molecule has 1 heterocycles. The Bertz CT molecular complexity index is 732. The Balaban J connectivity index is 1.83. The molecule has 1 aliphatic heterocycles. The van der Waals surface area contributed by atoms with Gasteiger partial charge in [0, 0.05) is 24.5 Å². The van der Waals surface area contributed by atoms with Gasteiger partial charge in [-0.3, -0.25) is 0 Å². The summed E-state index contributed by atoms with van der Waals surface area (Å²) >= 11 is 0. The second kappa shape index (κ2) is 9.13. The quantitative estimate of drug-likeness (QED) is 0.725. The third-order valence-corrected chi connectivity index (χ3v) is 5.67. The van der Waals surface area contributed by atoms with Crippen LogP contribution in [-0.4, -0.2) is 31.2 Å². The number of benzene rings is 1. The molecule has 1 fully saturated rings. The minimum absolute atomic E-state index is 0.0233. The number of carbonyl (C=O) groups excluding carboxylic acids is 2. The van der Waals surface area contributed by atoms with Crippen LogP contribution >= 0.6 is 0 Å². The van der Waals surface area contributed by atoms with E-state index in [1.54, 1.807) is 6.92 Å². The maximum atomic E-state index is 13.0. The zero-order valence-electron chi connectivity index (χ0n) is 17.1. The SMILES string of the molecule is CCN(CC)c1ccc(C2NC(=O)NC(C)=C2C(=O)OC2CCCCC2)cc1. The molecule has 1 aromatic rings. The Labute approximate surface area is 167 Å². The lowest BCUT2D eigenvalue weighted by Crippen LogP contribution is -2.45. The zero-order valence-corrected chi connectivity index (χ0v) is 17.1. The molecule has 1 atom stereocenters. The number of allylic oxidation sites excluding steroid dienone is 1. The third kappa shape index (κ3) is 4.49. The van der Waals surface area contributed by atoms with Crippen molar-refractivity contribution in [2.24, 2.45) is 0 Å². The highest BCUT2D eigenvalue weighted by Gasteiger charge is 2.33. The summed E-state index contributed by atoms with van der Waals surface area (Å²) in [4.78, 5) is 27.3. The smallest absolute Gasteiger partial charge is 0.338 e. The summed E-state index contributed by atoms with van der Waals surface area (Å²) in [7, 11) is 0. The van der Waals surface area contributed by atoms with Crippen LogP contribution in [-0.2, 0) is 9.53 Å². The van der Waals surface area contributed by atoms with Crippen molar-refractivity contribution in [1.82, 2.24) is 10.6 Å². The first-order valence-corrected chi connectivity index (χ1v) is 10.4. The number of ether oxygens (including phenoxy) is 1. The van der Waals surface area contributed by atoms with E-state index < -0.39 is 6.04 Å². The number of carbonyl (C=O) groups is 2. The van der Waals surface area contributed by atoms with Gasteiger partial charge in [-0.25, -0.2) is 9.59 Å². The number of urea groups is 1. The number of esters is 1. The van der Waals surface area contributed by atoms with E-state index in [1.807, 2.05) is 24.3 Å². The van der Waals surface area contributed by atoms with Gasteiger partial charge < -0.3 is 20.3 Å². The van der Waals surface area contributed by atoms with Crippen molar-refractivity contribution in [3.05, 3.63) is 41.1 Å². The van der Waals surface area contributed by atoms with Crippen LogP contribution in [0.1, 0.15) is 64.5 Å². The van der Waals surface area contributed by atoms with Crippen LogP contribution < -0.4 is 15.5 Å².